The molecule has 8 nitrogen and oxygen atoms in total. The molecule has 3 heterocycles. The molecule has 1 aliphatic heterocycles. The zero-order valence-electron chi connectivity index (χ0n) is 17.5. The second-order valence-corrected chi connectivity index (χ2v) is 8.55. The predicted octanol–water partition coefficient (Wildman–Crippen LogP) is 4.54. The second-order valence-electron chi connectivity index (χ2n) is 8.55. The molecule has 0 saturated heterocycles. The van der Waals surface area contributed by atoms with Crippen molar-refractivity contribution in [2.24, 2.45) is 0 Å². The van der Waals surface area contributed by atoms with Crippen LogP contribution in [0.2, 0.25) is 0 Å². The van der Waals surface area contributed by atoms with E-state index in [1.165, 1.54) is 0 Å². The van der Waals surface area contributed by atoms with Gasteiger partial charge in [-0.1, -0.05) is 0 Å². The van der Waals surface area contributed by atoms with E-state index in [4.69, 9.17) is 9.84 Å². The first kappa shape index (κ1) is 21.2. The molecule has 2 aliphatic rings. The predicted molar refractivity (Wildman–Crippen MR) is 107 cm³/mol. The summed E-state index contributed by atoms with van der Waals surface area (Å²) < 4.78 is 48.2. The third kappa shape index (κ3) is 3.98. The average molecular weight is 435 g/mol. The van der Waals surface area contributed by atoms with Gasteiger partial charge in [0.05, 0.1) is 24.1 Å². The molecule has 1 aliphatic carbocycles. The summed E-state index contributed by atoms with van der Waals surface area (Å²) in [6.07, 6.45) is -0.496. The van der Waals surface area contributed by atoms with Crippen molar-refractivity contribution in [3.05, 3.63) is 17.5 Å². The molecule has 2 aromatic rings. The zero-order chi connectivity index (χ0) is 22.4. The molecular formula is C20H24F3N7O. The maximum absolute atomic E-state index is 13.4. The van der Waals surface area contributed by atoms with Gasteiger partial charge in [-0.15, -0.1) is 0 Å². The van der Waals surface area contributed by atoms with Crippen molar-refractivity contribution in [3.8, 4) is 11.8 Å². The van der Waals surface area contributed by atoms with Crippen molar-refractivity contribution < 1.29 is 17.9 Å². The molecule has 166 valence electrons. The highest BCUT2D eigenvalue weighted by Crippen LogP contribution is 2.44. The van der Waals surface area contributed by atoms with Crippen molar-refractivity contribution in [1.82, 2.24) is 19.7 Å². The normalized spacial score (nSPS) is 19.6. The van der Waals surface area contributed by atoms with Crippen LogP contribution in [-0.4, -0.2) is 32.4 Å². The van der Waals surface area contributed by atoms with Crippen LogP contribution in [0.3, 0.4) is 0 Å². The largest absolute Gasteiger partial charge is 0.488 e. The SMILES string of the molecule is CC1CCOc2c(C(C)(C)C#N)nn(C3CCC3)c2Nc2ncc(C(F)(F)F)c(n2)N1. The van der Waals surface area contributed by atoms with E-state index in [1.807, 2.05) is 0 Å². The number of anilines is 3. The molecular weight excluding hydrogens is 411 g/mol. The number of fused-ring (bicyclic) bond motifs is 3. The van der Waals surface area contributed by atoms with Gasteiger partial charge in [-0.05, 0) is 40.0 Å². The number of rotatable bonds is 2. The first-order valence-corrected chi connectivity index (χ1v) is 10.2. The van der Waals surface area contributed by atoms with Gasteiger partial charge in [-0.3, -0.25) is 0 Å². The molecule has 11 heteroatoms. The molecule has 0 aromatic carbocycles. The van der Waals surface area contributed by atoms with E-state index in [-0.39, 0.29) is 30.5 Å². The zero-order valence-corrected chi connectivity index (χ0v) is 17.5. The molecule has 1 saturated carbocycles. The highest BCUT2D eigenvalue weighted by Gasteiger charge is 2.38. The van der Waals surface area contributed by atoms with Crippen LogP contribution >= 0.6 is 0 Å². The first-order valence-electron chi connectivity index (χ1n) is 10.2. The lowest BCUT2D eigenvalue weighted by Gasteiger charge is -2.27. The number of halogens is 3. The minimum atomic E-state index is -4.58. The Hall–Kier alpha value is -3.03. The van der Waals surface area contributed by atoms with Gasteiger partial charge in [-0.25, -0.2) is 9.67 Å². The van der Waals surface area contributed by atoms with Crippen molar-refractivity contribution >= 4 is 17.6 Å². The summed E-state index contributed by atoms with van der Waals surface area (Å²) in [5.74, 6) is 0.588. The molecule has 2 N–H and O–H groups in total. The van der Waals surface area contributed by atoms with Crippen molar-refractivity contribution in [2.45, 2.75) is 70.1 Å². The number of aromatic nitrogens is 4. The Bertz CT molecular complexity index is 1020. The molecule has 2 aromatic heterocycles. The molecule has 31 heavy (non-hydrogen) atoms. The quantitative estimate of drug-likeness (QED) is 0.714. The molecule has 4 rings (SSSR count). The number of hydrogen-bond acceptors (Lipinski definition) is 7. The van der Waals surface area contributed by atoms with E-state index in [2.05, 4.69) is 26.7 Å². The monoisotopic (exact) mass is 435 g/mol. The molecule has 0 amide bonds. The van der Waals surface area contributed by atoms with Crippen molar-refractivity contribution in [3.63, 3.8) is 0 Å². The Labute approximate surface area is 177 Å². The van der Waals surface area contributed by atoms with Crippen LogP contribution in [0.1, 0.15) is 63.8 Å². The van der Waals surface area contributed by atoms with Crippen LogP contribution < -0.4 is 15.4 Å². The summed E-state index contributed by atoms with van der Waals surface area (Å²) in [5, 5.41) is 20.2. The number of ether oxygens (including phenoxy) is 1. The summed E-state index contributed by atoms with van der Waals surface area (Å²) >= 11 is 0. The molecule has 0 radical (unpaired) electrons. The topological polar surface area (TPSA) is 101 Å². The fourth-order valence-electron chi connectivity index (χ4n) is 3.54. The fraction of sp³-hybridized carbons (Fsp3) is 0.600. The summed E-state index contributed by atoms with van der Waals surface area (Å²) in [7, 11) is 0. The minimum absolute atomic E-state index is 0.00348. The smallest absolute Gasteiger partial charge is 0.421 e. The van der Waals surface area contributed by atoms with Gasteiger partial charge in [0.2, 0.25) is 5.95 Å². The number of nitriles is 1. The van der Waals surface area contributed by atoms with Gasteiger partial charge in [-0.2, -0.15) is 28.5 Å². The molecule has 1 unspecified atom stereocenters. The lowest BCUT2D eigenvalue weighted by Crippen LogP contribution is -2.23. The lowest BCUT2D eigenvalue weighted by molar-refractivity contribution is -0.137. The van der Waals surface area contributed by atoms with Gasteiger partial charge in [0.1, 0.15) is 17.1 Å². The Balaban J connectivity index is 1.86. The maximum atomic E-state index is 13.4. The van der Waals surface area contributed by atoms with Crippen LogP contribution in [0.25, 0.3) is 0 Å². The Morgan fingerprint density at radius 3 is 2.61 bits per heavy atom. The number of alkyl halides is 3. The number of hydrogen-bond donors (Lipinski definition) is 2. The van der Waals surface area contributed by atoms with Crippen LogP contribution in [0.15, 0.2) is 6.20 Å². The van der Waals surface area contributed by atoms with Gasteiger partial charge in [0, 0.05) is 18.7 Å². The maximum Gasteiger partial charge on any atom is 0.421 e. The molecule has 1 fully saturated rings. The van der Waals surface area contributed by atoms with E-state index < -0.39 is 17.2 Å². The van der Waals surface area contributed by atoms with E-state index in [0.29, 0.717) is 23.7 Å². The number of nitrogens with zero attached hydrogens (tertiary/aromatic N) is 5. The van der Waals surface area contributed by atoms with Gasteiger partial charge in [0.25, 0.3) is 0 Å². The van der Waals surface area contributed by atoms with Crippen molar-refractivity contribution in [1.29, 1.82) is 5.26 Å². The number of nitrogens with one attached hydrogen (secondary N) is 2. The third-order valence-electron chi connectivity index (χ3n) is 5.66. The first-order chi connectivity index (χ1) is 14.6. The fourth-order valence-corrected chi connectivity index (χ4v) is 3.54. The van der Waals surface area contributed by atoms with Crippen LogP contribution in [0.4, 0.5) is 30.8 Å². The van der Waals surface area contributed by atoms with Crippen LogP contribution in [0, 0.1) is 11.3 Å². The molecule has 0 spiro atoms. The van der Waals surface area contributed by atoms with Gasteiger partial charge >= 0.3 is 6.18 Å². The highest BCUT2D eigenvalue weighted by atomic mass is 19.4. The summed E-state index contributed by atoms with van der Waals surface area (Å²) in [6.45, 7) is 5.51. The molecule has 1 atom stereocenters. The standard InChI is InChI=1S/C20H24F3N7O/c1-11-7-8-31-14-15(19(2,3)10-24)29-30(12-5-4-6-12)17(14)28-18-25-9-13(20(21,22)23)16(26-11)27-18/h9,11-12H,4-8H2,1-3H3,(H2,25,26,27,28). The average Bonchev–Trinajstić information content (AvgIpc) is 2.97. The summed E-state index contributed by atoms with van der Waals surface area (Å²) in [6, 6.07) is 2.04. The Morgan fingerprint density at radius 2 is 2.00 bits per heavy atom. The lowest BCUT2D eigenvalue weighted by atomic mass is 9.91. The van der Waals surface area contributed by atoms with E-state index in [0.717, 1.165) is 25.5 Å². The third-order valence-corrected chi connectivity index (χ3v) is 5.66. The van der Waals surface area contributed by atoms with Gasteiger partial charge < -0.3 is 15.4 Å². The summed E-state index contributed by atoms with van der Waals surface area (Å²) in [5.41, 5.74) is -1.36. The van der Waals surface area contributed by atoms with E-state index in [1.54, 1.807) is 25.5 Å². The van der Waals surface area contributed by atoms with Crippen molar-refractivity contribution in [2.75, 3.05) is 17.2 Å². The van der Waals surface area contributed by atoms with Crippen LogP contribution in [0.5, 0.6) is 5.75 Å². The van der Waals surface area contributed by atoms with Gasteiger partial charge in [0.15, 0.2) is 11.6 Å². The molecule has 2 bridgehead atoms. The second kappa shape index (κ2) is 7.59. The Kier molecular flexibility index (Phi) is 5.19. The van der Waals surface area contributed by atoms with Crippen LogP contribution in [-0.2, 0) is 11.6 Å². The Morgan fingerprint density at radius 1 is 1.26 bits per heavy atom. The summed E-state index contributed by atoms with van der Waals surface area (Å²) in [4.78, 5) is 8.01. The minimum Gasteiger partial charge on any atom is -0.488 e. The van der Waals surface area contributed by atoms with E-state index >= 15 is 0 Å². The van der Waals surface area contributed by atoms with E-state index in [9.17, 15) is 18.4 Å². The highest BCUT2D eigenvalue weighted by molar-refractivity contribution is 5.64.